The summed E-state index contributed by atoms with van der Waals surface area (Å²) in [5.41, 5.74) is 7.44. The Morgan fingerprint density at radius 2 is 1.90 bits per heavy atom. The van der Waals surface area contributed by atoms with Crippen molar-refractivity contribution in [2.75, 3.05) is 26.7 Å². The van der Waals surface area contributed by atoms with Crippen LogP contribution in [0, 0.1) is 17.3 Å². The van der Waals surface area contributed by atoms with Crippen molar-refractivity contribution in [2.45, 2.75) is 25.3 Å². The van der Waals surface area contributed by atoms with Crippen molar-refractivity contribution in [3.05, 3.63) is 42.0 Å². The minimum Gasteiger partial charge on any atom is -0.481 e. The zero-order chi connectivity index (χ0) is 20.8. The number of carboxylic acids is 1. The van der Waals surface area contributed by atoms with Gasteiger partial charge < -0.3 is 15.7 Å². The molecule has 0 radical (unpaired) electrons. The molecule has 4 rings (SSSR count). The predicted molar refractivity (Wildman–Crippen MR) is 108 cm³/mol. The molecule has 7 nitrogen and oxygen atoms in total. The number of rotatable bonds is 4. The number of nitrogens with zero attached hydrogens (tertiary/aromatic N) is 2. The van der Waals surface area contributed by atoms with E-state index in [1.54, 1.807) is 11.9 Å². The predicted octanol–water partition coefficient (Wildman–Crippen LogP) is 1.20. The van der Waals surface area contributed by atoms with E-state index in [1.165, 1.54) is 5.57 Å². The number of hydrogen-bond donors (Lipinski definition) is 2. The highest BCUT2D eigenvalue weighted by atomic mass is 16.4. The Morgan fingerprint density at radius 3 is 2.45 bits per heavy atom. The Morgan fingerprint density at radius 1 is 1.17 bits per heavy atom. The molecule has 0 bridgehead atoms. The number of carboxylic acid groups (broad SMARTS) is 1. The smallest absolute Gasteiger partial charge is 0.308 e. The number of primary amides is 1. The fourth-order valence-electron chi connectivity index (χ4n) is 5.22. The second-order valence-corrected chi connectivity index (χ2v) is 8.66. The van der Waals surface area contributed by atoms with Crippen LogP contribution in [-0.4, -0.2) is 65.4 Å². The number of amides is 2. The number of likely N-dealkylation sites (N-methyl/N-ethyl adjacent to an activating group) is 1. The molecular formula is C22H27N3O4. The van der Waals surface area contributed by atoms with E-state index >= 15 is 0 Å². The van der Waals surface area contributed by atoms with Gasteiger partial charge in [0.1, 0.15) is 6.04 Å². The van der Waals surface area contributed by atoms with Crippen LogP contribution in [0.5, 0.6) is 0 Å². The molecule has 1 saturated carbocycles. The maximum atomic E-state index is 13.3. The van der Waals surface area contributed by atoms with Crippen molar-refractivity contribution < 1.29 is 19.5 Å². The van der Waals surface area contributed by atoms with Crippen LogP contribution in [0.3, 0.4) is 0 Å². The van der Waals surface area contributed by atoms with Crippen LogP contribution in [0.25, 0.3) is 5.57 Å². The lowest BCUT2D eigenvalue weighted by Crippen LogP contribution is -2.58. The van der Waals surface area contributed by atoms with Crippen LogP contribution >= 0.6 is 0 Å². The van der Waals surface area contributed by atoms with Gasteiger partial charge in [-0.15, -0.1) is 0 Å². The lowest BCUT2D eigenvalue weighted by Gasteiger charge is -2.43. The molecule has 154 valence electrons. The van der Waals surface area contributed by atoms with Gasteiger partial charge in [0, 0.05) is 25.6 Å². The Balaban J connectivity index is 1.49. The normalized spacial score (nSPS) is 32.0. The number of nitrogens with two attached hydrogens (primary N) is 1. The molecule has 2 fully saturated rings. The standard InChI is InChI=1S/C22H27N3O4/c1-24-13-22(12-17(22)19(23)26)11-16(21(28)29)18(24)20(27)25-9-7-15(8-10-25)14-5-3-2-4-6-14/h2-7,16-18H,8-13H2,1H3,(H2,23,26)(H,28,29). The van der Waals surface area contributed by atoms with E-state index in [0.717, 1.165) is 12.0 Å². The van der Waals surface area contributed by atoms with Crippen molar-refractivity contribution >= 4 is 23.4 Å². The topological polar surface area (TPSA) is 104 Å². The number of hydrogen-bond acceptors (Lipinski definition) is 4. The molecule has 0 aromatic heterocycles. The van der Waals surface area contributed by atoms with Crippen LogP contribution in [-0.2, 0) is 14.4 Å². The number of piperidine rings is 1. The average Bonchev–Trinajstić information content (AvgIpc) is 3.41. The van der Waals surface area contributed by atoms with Gasteiger partial charge in [-0.1, -0.05) is 36.4 Å². The molecular weight excluding hydrogens is 370 g/mol. The summed E-state index contributed by atoms with van der Waals surface area (Å²) < 4.78 is 0. The fraction of sp³-hybridized carbons (Fsp3) is 0.500. The maximum Gasteiger partial charge on any atom is 0.308 e. The molecule has 3 aliphatic rings. The first-order chi connectivity index (χ1) is 13.8. The van der Waals surface area contributed by atoms with Crippen LogP contribution in [0.1, 0.15) is 24.8 Å². The second-order valence-electron chi connectivity index (χ2n) is 8.66. The first-order valence-electron chi connectivity index (χ1n) is 10.1. The summed E-state index contributed by atoms with van der Waals surface area (Å²) in [4.78, 5) is 40.4. The lowest BCUT2D eigenvalue weighted by atomic mass is 9.79. The van der Waals surface area contributed by atoms with Gasteiger partial charge in [0.15, 0.2) is 0 Å². The molecule has 3 N–H and O–H groups in total. The molecule has 1 spiro atoms. The van der Waals surface area contributed by atoms with E-state index in [2.05, 4.69) is 18.2 Å². The van der Waals surface area contributed by atoms with Crippen LogP contribution in [0.15, 0.2) is 36.4 Å². The van der Waals surface area contributed by atoms with Gasteiger partial charge in [-0.25, -0.2) is 0 Å². The molecule has 4 unspecified atom stereocenters. The van der Waals surface area contributed by atoms with E-state index in [4.69, 9.17) is 5.73 Å². The van der Waals surface area contributed by atoms with Crippen molar-refractivity contribution in [3.8, 4) is 0 Å². The van der Waals surface area contributed by atoms with Gasteiger partial charge in [-0.3, -0.25) is 19.3 Å². The summed E-state index contributed by atoms with van der Waals surface area (Å²) >= 11 is 0. The molecule has 1 aromatic carbocycles. The summed E-state index contributed by atoms with van der Waals surface area (Å²) in [5.74, 6) is -2.61. The molecule has 1 aromatic rings. The molecule has 2 aliphatic heterocycles. The Bertz CT molecular complexity index is 868. The third-order valence-corrected chi connectivity index (χ3v) is 6.82. The van der Waals surface area contributed by atoms with Gasteiger partial charge in [-0.05, 0) is 42.9 Å². The van der Waals surface area contributed by atoms with Crippen LogP contribution in [0.2, 0.25) is 0 Å². The number of carbonyl (C=O) groups excluding carboxylic acids is 2. The first-order valence-corrected chi connectivity index (χ1v) is 10.1. The molecule has 7 heteroatoms. The highest BCUT2D eigenvalue weighted by molar-refractivity contribution is 5.89. The second kappa shape index (κ2) is 7.30. The summed E-state index contributed by atoms with van der Waals surface area (Å²) in [5, 5.41) is 9.82. The Labute approximate surface area is 170 Å². The highest BCUT2D eigenvalue weighted by Gasteiger charge is 2.63. The maximum absolute atomic E-state index is 13.3. The van der Waals surface area contributed by atoms with Crippen molar-refractivity contribution in [1.82, 2.24) is 9.80 Å². The Hall–Kier alpha value is -2.67. The van der Waals surface area contributed by atoms with E-state index in [0.29, 0.717) is 32.5 Å². The largest absolute Gasteiger partial charge is 0.481 e. The third kappa shape index (κ3) is 3.55. The van der Waals surface area contributed by atoms with Crippen molar-refractivity contribution in [3.63, 3.8) is 0 Å². The molecule has 29 heavy (non-hydrogen) atoms. The SMILES string of the molecule is CN1CC2(CC(C(=O)O)C1C(=O)N1CC=C(c3ccccc3)CC1)CC2C(N)=O. The number of aliphatic carboxylic acids is 1. The van der Waals surface area contributed by atoms with E-state index in [-0.39, 0.29) is 23.1 Å². The van der Waals surface area contributed by atoms with Gasteiger partial charge >= 0.3 is 5.97 Å². The van der Waals surface area contributed by atoms with Gasteiger partial charge in [-0.2, -0.15) is 0 Å². The van der Waals surface area contributed by atoms with E-state index in [1.807, 2.05) is 23.1 Å². The minimum atomic E-state index is -0.984. The van der Waals surface area contributed by atoms with Gasteiger partial charge in [0.2, 0.25) is 11.8 Å². The molecule has 2 amide bonds. The number of likely N-dealkylation sites (tertiary alicyclic amines) is 1. The lowest BCUT2D eigenvalue weighted by molar-refractivity contribution is -0.156. The molecule has 4 atom stereocenters. The zero-order valence-electron chi connectivity index (χ0n) is 16.6. The quantitative estimate of drug-likeness (QED) is 0.795. The summed E-state index contributed by atoms with van der Waals surface area (Å²) in [6.45, 7) is 1.58. The van der Waals surface area contributed by atoms with Crippen LogP contribution < -0.4 is 5.73 Å². The zero-order valence-corrected chi connectivity index (χ0v) is 16.6. The van der Waals surface area contributed by atoms with Crippen LogP contribution in [0.4, 0.5) is 0 Å². The van der Waals surface area contributed by atoms with E-state index < -0.39 is 17.9 Å². The molecule has 1 saturated heterocycles. The first kappa shape index (κ1) is 19.6. The van der Waals surface area contributed by atoms with Gasteiger partial charge in [0.05, 0.1) is 5.92 Å². The fourth-order valence-corrected chi connectivity index (χ4v) is 5.22. The third-order valence-electron chi connectivity index (χ3n) is 6.82. The van der Waals surface area contributed by atoms with E-state index in [9.17, 15) is 19.5 Å². The number of carbonyl (C=O) groups is 3. The monoisotopic (exact) mass is 397 g/mol. The van der Waals surface area contributed by atoms with Crippen molar-refractivity contribution in [1.29, 1.82) is 0 Å². The summed E-state index contributed by atoms with van der Waals surface area (Å²) in [6, 6.07) is 9.37. The summed E-state index contributed by atoms with van der Waals surface area (Å²) in [7, 11) is 1.78. The highest BCUT2D eigenvalue weighted by Crippen LogP contribution is 2.59. The Kier molecular flexibility index (Phi) is 4.94. The number of benzene rings is 1. The summed E-state index contributed by atoms with van der Waals surface area (Å²) in [6.07, 6.45) is 3.75. The molecule has 2 heterocycles. The molecule has 1 aliphatic carbocycles. The minimum absolute atomic E-state index is 0.144. The van der Waals surface area contributed by atoms with Gasteiger partial charge in [0.25, 0.3) is 0 Å². The van der Waals surface area contributed by atoms with Crippen molar-refractivity contribution in [2.24, 2.45) is 23.0 Å². The average molecular weight is 397 g/mol.